The lowest BCUT2D eigenvalue weighted by molar-refractivity contribution is 0.242. The van der Waals surface area contributed by atoms with Crippen molar-refractivity contribution in [3.05, 3.63) is 64.5 Å². The van der Waals surface area contributed by atoms with Crippen molar-refractivity contribution >= 4 is 5.69 Å². The molecule has 3 rings (SSSR count). The van der Waals surface area contributed by atoms with Gasteiger partial charge < -0.3 is 5.73 Å². The van der Waals surface area contributed by atoms with E-state index in [0.717, 1.165) is 25.2 Å². The molecule has 106 valence electrons. The van der Waals surface area contributed by atoms with Gasteiger partial charge in [0.25, 0.3) is 0 Å². The van der Waals surface area contributed by atoms with Crippen LogP contribution in [0.4, 0.5) is 10.1 Å². The van der Waals surface area contributed by atoms with E-state index in [9.17, 15) is 4.39 Å². The van der Waals surface area contributed by atoms with E-state index < -0.39 is 0 Å². The Morgan fingerprint density at radius 3 is 2.95 bits per heavy atom. The molecule has 0 aromatic heterocycles. The van der Waals surface area contributed by atoms with Gasteiger partial charge in [0.15, 0.2) is 0 Å². The Labute approximate surface area is 123 Å². The molecule has 2 N–H and O–H groups in total. The van der Waals surface area contributed by atoms with E-state index >= 15 is 0 Å². The standard InChI is InChI=1S/C17H16FN3/c18-16-5-4-12(9-19)8-14(16)11-21-7-6-15-13(10-21)2-1-3-17(15)20/h1-5,8H,6-7,10-11,20H2. The molecular formula is C17H16FN3. The van der Waals surface area contributed by atoms with Gasteiger partial charge in [-0.1, -0.05) is 12.1 Å². The Hall–Kier alpha value is -2.38. The lowest BCUT2D eigenvalue weighted by atomic mass is 9.97. The van der Waals surface area contributed by atoms with Crippen LogP contribution < -0.4 is 5.73 Å². The maximum atomic E-state index is 13.9. The molecule has 0 fully saturated rings. The highest BCUT2D eigenvalue weighted by atomic mass is 19.1. The minimum atomic E-state index is -0.257. The van der Waals surface area contributed by atoms with E-state index in [-0.39, 0.29) is 5.82 Å². The minimum absolute atomic E-state index is 0.257. The summed E-state index contributed by atoms with van der Waals surface area (Å²) in [6.07, 6.45) is 0.877. The Kier molecular flexibility index (Phi) is 3.59. The van der Waals surface area contributed by atoms with Crippen LogP contribution in [-0.2, 0) is 19.5 Å². The molecule has 1 aliphatic rings. The van der Waals surface area contributed by atoms with Crippen LogP contribution in [0.1, 0.15) is 22.3 Å². The predicted octanol–water partition coefficient (Wildman–Crippen LogP) is 2.84. The third-order valence-corrected chi connectivity index (χ3v) is 3.95. The van der Waals surface area contributed by atoms with Gasteiger partial charge in [0.05, 0.1) is 11.6 Å². The zero-order valence-corrected chi connectivity index (χ0v) is 11.6. The fourth-order valence-corrected chi connectivity index (χ4v) is 2.84. The second-order valence-electron chi connectivity index (χ2n) is 5.36. The van der Waals surface area contributed by atoms with Crippen LogP contribution >= 0.6 is 0 Å². The zero-order chi connectivity index (χ0) is 14.8. The van der Waals surface area contributed by atoms with Crippen molar-refractivity contribution in [3.8, 4) is 6.07 Å². The first-order valence-corrected chi connectivity index (χ1v) is 6.94. The monoisotopic (exact) mass is 281 g/mol. The molecule has 2 aromatic rings. The Morgan fingerprint density at radius 2 is 2.14 bits per heavy atom. The second-order valence-corrected chi connectivity index (χ2v) is 5.36. The molecule has 0 radical (unpaired) electrons. The largest absolute Gasteiger partial charge is 0.398 e. The van der Waals surface area contributed by atoms with E-state index in [2.05, 4.69) is 17.0 Å². The SMILES string of the molecule is N#Cc1ccc(F)c(CN2CCc3c(N)cccc3C2)c1. The fraction of sp³-hybridized carbons (Fsp3) is 0.235. The van der Waals surface area contributed by atoms with Crippen molar-refractivity contribution in [2.24, 2.45) is 0 Å². The molecule has 3 nitrogen and oxygen atoms in total. The molecule has 0 saturated heterocycles. The molecule has 21 heavy (non-hydrogen) atoms. The third kappa shape index (κ3) is 2.74. The minimum Gasteiger partial charge on any atom is -0.398 e. The molecule has 2 aromatic carbocycles. The van der Waals surface area contributed by atoms with Gasteiger partial charge in [0.1, 0.15) is 5.82 Å². The number of nitrogen functional groups attached to an aromatic ring is 1. The number of hydrogen-bond acceptors (Lipinski definition) is 3. The van der Waals surface area contributed by atoms with E-state index in [1.165, 1.54) is 23.3 Å². The maximum absolute atomic E-state index is 13.9. The average Bonchev–Trinajstić information content (AvgIpc) is 2.50. The highest BCUT2D eigenvalue weighted by Gasteiger charge is 2.19. The van der Waals surface area contributed by atoms with E-state index in [1.807, 2.05) is 12.1 Å². The van der Waals surface area contributed by atoms with Gasteiger partial charge in [-0.15, -0.1) is 0 Å². The summed E-state index contributed by atoms with van der Waals surface area (Å²) in [7, 11) is 0. The molecule has 0 amide bonds. The number of nitrogens with zero attached hydrogens (tertiary/aromatic N) is 2. The van der Waals surface area contributed by atoms with Gasteiger partial charge in [0.2, 0.25) is 0 Å². The smallest absolute Gasteiger partial charge is 0.127 e. The number of fused-ring (bicyclic) bond motifs is 1. The normalized spacial score (nSPS) is 14.5. The average molecular weight is 281 g/mol. The van der Waals surface area contributed by atoms with Gasteiger partial charge in [-0.3, -0.25) is 4.90 Å². The highest BCUT2D eigenvalue weighted by molar-refractivity contribution is 5.51. The molecule has 0 aliphatic carbocycles. The first-order chi connectivity index (χ1) is 10.2. The summed E-state index contributed by atoms with van der Waals surface area (Å²) in [5, 5.41) is 8.92. The summed E-state index contributed by atoms with van der Waals surface area (Å²) >= 11 is 0. The Morgan fingerprint density at radius 1 is 1.29 bits per heavy atom. The van der Waals surface area contributed by atoms with Crippen LogP contribution in [0.3, 0.4) is 0 Å². The lowest BCUT2D eigenvalue weighted by Crippen LogP contribution is -2.30. The van der Waals surface area contributed by atoms with Crippen LogP contribution in [-0.4, -0.2) is 11.4 Å². The predicted molar refractivity (Wildman–Crippen MR) is 79.8 cm³/mol. The molecule has 1 aliphatic heterocycles. The molecule has 0 saturated carbocycles. The van der Waals surface area contributed by atoms with Gasteiger partial charge in [0, 0.05) is 30.9 Å². The summed E-state index contributed by atoms with van der Waals surface area (Å²) in [4.78, 5) is 2.18. The summed E-state index contributed by atoms with van der Waals surface area (Å²) < 4.78 is 13.9. The van der Waals surface area contributed by atoms with E-state index in [1.54, 1.807) is 6.07 Å². The summed E-state index contributed by atoms with van der Waals surface area (Å²) in [5.41, 5.74) is 10.3. The quantitative estimate of drug-likeness (QED) is 0.861. The molecule has 0 unspecified atom stereocenters. The van der Waals surface area contributed by atoms with Gasteiger partial charge in [-0.05, 0) is 41.8 Å². The van der Waals surface area contributed by atoms with Crippen molar-refractivity contribution < 1.29 is 4.39 Å². The lowest BCUT2D eigenvalue weighted by Gasteiger charge is -2.29. The highest BCUT2D eigenvalue weighted by Crippen LogP contribution is 2.25. The molecule has 0 spiro atoms. The molecule has 1 heterocycles. The number of rotatable bonds is 2. The third-order valence-electron chi connectivity index (χ3n) is 3.95. The first-order valence-electron chi connectivity index (χ1n) is 6.94. The van der Waals surface area contributed by atoms with E-state index in [0.29, 0.717) is 17.7 Å². The maximum Gasteiger partial charge on any atom is 0.127 e. The zero-order valence-electron chi connectivity index (χ0n) is 11.6. The number of nitrogens with two attached hydrogens (primary N) is 1. The molecule has 4 heteroatoms. The topological polar surface area (TPSA) is 53.0 Å². The second kappa shape index (κ2) is 5.55. The van der Waals surface area contributed by atoms with Gasteiger partial charge in [-0.25, -0.2) is 4.39 Å². The molecule has 0 atom stereocenters. The van der Waals surface area contributed by atoms with Crippen LogP contribution in [0.2, 0.25) is 0 Å². The van der Waals surface area contributed by atoms with Crippen LogP contribution in [0.25, 0.3) is 0 Å². The summed E-state index contributed by atoms with van der Waals surface area (Å²) in [5.74, 6) is -0.257. The van der Waals surface area contributed by atoms with Crippen molar-refractivity contribution in [2.75, 3.05) is 12.3 Å². The first kappa shape index (κ1) is 13.6. The van der Waals surface area contributed by atoms with Crippen LogP contribution in [0, 0.1) is 17.1 Å². The Bertz CT molecular complexity index is 718. The molecule has 0 bridgehead atoms. The number of hydrogen-bond donors (Lipinski definition) is 1. The van der Waals surface area contributed by atoms with Crippen molar-refractivity contribution in [2.45, 2.75) is 19.5 Å². The summed E-state index contributed by atoms with van der Waals surface area (Å²) in [6.45, 7) is 2.11. The van der Waals surface area contributed by atoms with Crippen molar-refractivity contribution in [1.29, 1.82) is 5.26 Å². The number of halogens is 1. The van der Waals surface area contributed by atoms with Gasteiger partial charge >= 0.3 is 0 Å². The van der Waals surface area contributed by atoms with Crippen LogP contribution in [0.5, 0.6) is 0 Å². The number of anilines is 1. The number of benzene rings is 2. The van der Waals surface area contributed by atoms with Crippen LogP contribution in [0.15, 0.2) is 36.4 Å². The van der Waals surface area contributed by atoms with E-state index in [4.69, 9.17) is 11.0 Å². The number of nitriles is 1. The molecular weight excluding hydrogens is 265 g/mol. The van der Waals surface area contributed by atoms with Crippen molar-refractivity contribution in [3.63, 3.8) is 0 Å². The Balaban J connectivity index is 1.80. The van der Waals surface area contributed by atoms with Crippen molar-refractivity contribution in [1.82, 2.24) is 4.90 Å². The fourth-order valence-electron chi connectivity index (χ4n) is 2.84. The van der Waals surface area contributed by atoms with Gasteiger partial charge in [-0.2, -0.15) is 5.26 Å². The summed E-state index contributed by atoms with van der Waals surface area (Å²) in [6, 6.07) is 12.5.